The van der Waals surface area contributed by atoms with E-state index in [0.717, 1.165) is 24.8 Å². The number of rotatable bonds is 3. The average Bonchev–Trinajstić information content (AvgIpc) is 2.89. The molecule has 0 saturated heterocycles. The Balaban J connectivity index is 1.83. The molecule has 2 aromatic rings. The van der Waals surface area contributed by atoms with E-state index in [4.69, 9.17) is 0 Å². The van der Waals surface area contributed by atoms with E-state index < -0.39 is 0 Å². The van der Waals surface area contributed by atoms with E-state index in [1.165, 1.54) is 23.5 Å². The van der Waals surface area contributed by atoms with Gasteiger partial charge in [0.15, 0.2) is 5.01 Å². The van der Waals surface area contributed by atoms with Crippen molar-refractivity contribution in [3.05, 3.63) is 52.2 Å². The molecule has 1 fully saturated rings. The first kappa shape index (κ1) is 12.3. The molecule has 0 spiro atoms. The summed E-state index contributed by atoms with van der Waals surface area (Å²) < 4.78 is 13.0. The second kappa shape index (κ2) is 4.74. The standard InChI is InChI=1S/C14H13FN2OS/c15-11-4-2-10(3-5-11)14(6-1-7-14)17-12(18)13-16-8-9-19-13/h2-5,8-9H,1,6-7H2,(H,17,18). The monoisotopic (exact) mass is 276 g/mol. The molecule has 1 aliphatic carbocycles. The molecule has 98 valence electrons. The van der Waals surface area contributed by atoms with Crippen LogP contribution in [-0.2, 0) is 5.54 Å². The van der Waals surface area contributed by atoms with E-state index >= 15 is 0 Å². The van der Waals surface area contributed by atoms with E-state index in [1.54, 1.807) is 23.7 Å². The normalized spacial score (nSPS) is 16.7. The molecule has 1 amide bonds. The predicted octanol–water partition coefficient (Wildman–Crippen LogP) is 3.09. The smallest absolute Gasteiger partial charge is 0.280 e. The van der Waals surface area contributed by atoms with Crippen molar-refractivity contribution in [3.8, 4) is 0 Å². The van der Waals surface area contributed by atoms with Gasteiger partial charge in [-0.05, 0) is 37.0 Å². The summed E-state index contributed by atoms with van der Waals surface area (Å²) in [6.45, 7) is 0. The Kier molecular flexibility index (Phi) is 3.06. The number of carbonyl (C=O) groups excluding carboxylic acids is 1. The van der Waals surface area contributed by atoms with Gasteiger partial charge in [0.1, 0.15) is 5.82 Å². The molecule has 0 unspecified atom stereocenters. The first-order valence-electron chi connectivity index (χ1n) is 6.18. The van der Waals surface area contributed by atoms with Crippen molar-refractivity contribution < 1.29 is 9.18 Å². The summed E-state index contributed by atoms with van der Waals surface area (Å²) in [7, 11) is 0. The molecule has 3 nitrogen and oxygen atoms in total. The highest BCUT2D eigenvalue weighted by molar-refractivity contribution is 7.11. The second-order valence-corrected chi connectivity index (χ2v) is 5.63. The number of benzene rings is 1. The van der Waals surface area contributed by atoms with Crippen molar-refractivity contribution in [1.82, 2.24) is 10.3 Å². The molecule has 1 aromatic heterocycles. The summed E-state index contributed by atoms with van der Waals surface area (Å²) in [6, 6.07) is 6.36. The lowest BCUT2D eigenvalue weighted by Crippen LogP contribution is -2.50. The van der Waals surface area contributed by atoms with Crippen LogP contribution in [0.3, 0.4) is 0 Å². The zero-order chi connectivity index (χ0) is 13.3. The maximum absolute atomic E-state index is 13.0. The van der Waals surface area contributed by atoms with Crippen LogP contribution >= 0.6 is 11.3 Å². The summed E-state index contributed by atoms with van der Waals surface area (Å²) in [5.74, 6) is -0.413. The van der Waals surface area contributed by atoms with Crippen LogP contribution < -0.4 is 5.32 Å². The van der Waals surface area contributed by atoms with Crippen molar-refractivity contribution in [2.75, 3.05) is 0 Å². The van der Waals surface area contributed by atoms with E-state index in [-0.39, 0.29) is 17.3 Å². The largest absolute Gasteiger partial charge is 0.340 e. The average molecular weight is 276 g/mol. The number of hydrogen-bond acceptors (Lipinski definition) is 3. The lowest BCUT2D eigenvalue weighted by atomic mass is 9.72. The van der Waals surface area contributed by atoms with Gasteiger partial charge < -0.3 is 5.32 Å². The molecule has 1 saturated carbocycles. The third-order valence-electron chi connectivity index (χ3n) is 3.58. The molecule has 5 heteroatoms. The molecule has 1 N–H and O–H groups in total. The Bertz CT molecular complexity index is 576. The third-order valence-corrected chi connectivity index (χ3v) is 4.36. The van der Waals surface area contributed by atoms with Crippen LogP contribution in [0.15, 0.2) is 35.8 Å². The van der Waals surface area contributed by atoms with Gasteiger partial charge in [0.25, 0.3) is 5.91 Å². The maximum Gasteiger partial charge on any atom is 0.280 e. The van der Waals surface area contributed by atoms with Gasteiger partial charge >= 0.3 is 0 Å². The molecule has 19 heavy (non-hydrogen) atoms. The summed E-state index contributed by atoms with van der Waals surface area (Å²) in [5, 5.41) is 5.30. The number of carbonyl (C=O) groups is 1. The van der Waals surface area contributed by atoms with Gasteiger partial charge in [0.05, 0.1) is 5.54 Å². The fourth-order valence-electron chi connectivity index (χ4n) is 2.39. The van der Waals surface area contributed by atoms with Gasteiger partial charge in [0, 0.05) is 11.6 Å². The third kappa shape index (κ3) is 2.26. The first-order chi connectivity index (χ1) is 9.20. The molecule has 0 atom stereocenters. The van der Waals surface area contributed by atoms with Gasteiger partial charge in [-0.15, -0.1) is 11.3 Å². The fourth-order valence-corrected chi connectivity index (χ4v) is 2.92. The minimum Gasteiger partial charge on any atom is -0.340 e. The van der Waals surface area contributed by atoms with E-state index in [1.807, 2.05) is 0 Å². The molecule has 1 heterocycles. The van der Waals surface area contributed by atoms with Crippen molar-refractivity contribution >= 4 is 17.2 Å². The zero-order valence-electron chi connectivity index (χ0n) is 10.2. The van der Waals surface area contributed by atoms with Crippen molar-refractivity contribution in [2.45, 2.75) is 24.8 Å². The van der Waals surface area contributed by atoms with Crippen LogP contribution in [0.4, 0.5) is 4.39 Å². The van der Waals surface area contributed by atoms with Crippen molar-refractivity contribution in [2.24, 2.45) is 0 Å². The van der Waals surface area contributed by atoms with E-state index in [9.17, 15) is 9.18 Å². The number of hydrogen-bond donors (Lipinski definition) is 1. The molecule has 0 aliphatic heterocycles. The summed E-state index contributed by atoms with van der Waals surface area (Å²) in [5.41, 5.74) is 0.612. The quantitative estimate of drug-likeness (QED) is 0.936. The molecular formula is C14H13FN2OS. The minimum atomic E-state index is -0.351. The van der Waals surface area contributed by atoms with Crippen LogP contribution in [0, 0.1) is 5.82 Å². The Labute approximate surface area is 114 Å². The summed E-state index contributed by atoms with van der Waals surface area (Å²) in [4.78, 5) is 16.1. The van der Waals surface area contributed by atoms with Gasteiger partial charge in [-0.3, -0.25) is 4.79 Å². The highest BCUT2D eigenvalue weighted by Gasteiger charge is 2.40. The molecule has 1 aliphatic rings. The van der Waals surface area contributed by atoms with Crippen LogP contribution in [0.25, 0.3) is 0 Å². The number of nitrogens with zero attached hydrogens (tertiary/aromatic N) is 1. The Hall–Kier alpha value is -1.75. The number of aromatic nitrogens is 1. The highest BCUT2D eigenvalue weighted by Crippen LogP contribution is 2.41. The number of nitrogens with one attached hydrogen (secondary N) is 1. The first-order valence-corrected chi connectivity index (χ1v) is 7.06. The molecule has 1 aromatic carbocycles. The second-order valence-electron chi connectivity index (χ2n) is 4.73. The Morgan fingerprint density at radius 1 is 1.32 bits per heavy atom. The predicted molar refractivity (Wildman–Crippen MR) is 71.5 cm³/mol. The molecule has 0 radical (unpaired) electrons. The number of thiazole rings is 1. The molecule has 0 bridgehead atoms. The molecular weight excluding hydrogens is 263 g/mol. The van der Waals surface area contributed by atoms with Gasteiger partial charge in [0.2, 0.25) is 0 Å². The van der Waals surface area contributed by atoms with Gasteiger partial charge in [-0.2, -0.15) is 0 Å². The van der Waals surface area contributed by atoms with Crippen LogP contribution in [0.1, 0.15) is 34.6 Å². The SMILES string of the molecule is O=C(NC1(c2ccc(F)cc2)CCC1)c1nccs1. The van der Waals surface area contributed by atoms with E-state index in [0.29, 0.717) is 5.01 Å². The zero-order valence-corrected chi connectivity index (χ0v) is 11.0. The number of amides is 1. The molecule has 3 rings (SSSR count). The Morgan fingerprint density at radius 2 is 2.05 bits per heavy atom. The van der Waals surface area contributed by atoms with Gasteiger partial charge in [-0.25, -0.2) is 9.37 Å². The van der Waals surface area contributed by atoms with E-state index in [2.05, 4.69) is 10.3 Å². The lowest BCUT2D eigenvalue weighted by Gasteiger charge is -2.43. The summed E-state index contributed by atoms with van der Waals surface area (Å²) in [6.07, 6.45) is 4.45. The minimum absolute atomic E-state index is 0.154. The lowest BCUT2D eigenvalue weighted by molar-refractivity contribution is 0.0823. The Morgan fingerprint density at radius 3 is 2.58 bits per heavy atom. The van der Waals surface area contributed by atoms with Crippen LogP contribution in [-0.4, -0.2) is 10.9 Å². The number of halogens is 1. The van der Waals surface area contributed by atoms with Crippen LogP contribution in [0.5, 0.6) is 0 Å². The summed E-state index contributed by atoms with van der Waals surface area (Å²) >= 11 is 1.32. The van der Waals surface area contributed by atoms with Crippen molar-refractivity contribution in [1.29, 1.82) is 0 Å². The van der Waals surface area contributed by atoms with Gasteiger partial charge in [-0.1, -0.05) is 12.1 Å². The highest BCUT2D eigenvalue weighted by atomic mass is 32.1. The maximum atomic E-state index is 13.0. The fraction of sp³-hybridized carbons (Fsp3) is 0.286. The van der Waals surface area contributed by atoms with Crippen LogP contribution in [0.2, 0.25) is 0 Å². The van der Waals surface area contributed by atoms with Crippen molar-refractivity contribution in [3.63, 3.8) is 0 Å². The topological polar surface area (TPSA) is 42.0 Å².